The van der Waals surface area contributed by atoms with Gasteiger partial charge >= 0.3 is 0 Å². The molecule has 0 radical (unpaired) electrons. The molecule has 5 heteroatoms. The van der Waals surface area contributed by atoms with E-state index in [1.165, 1.54) is 4.88 Å². The number of carbonyl (C=O) groups is 1. The third kappa shape index (κ3) is 4.00. The Morgan fingerprint density at radius 3 is 2.60 bits per heavy atom. The molecule has 0 bridgehead atoms. The minimum Gasteiger partial charge on any atom is -0.350 e. The van der Waals surface area contributed by atoms with Crippen LogP contribution in [0.2, 0.25) is 0 Å². The van der Waals surface area contributed by atoms with Gasteiger partial charge in [0.05, 0.1) is 6.04 Å². The fourth-order valence-electron chi connectivity index (χ4n) is 2.83. The fraction of sp³-hybridized carbons (Fsp3) is 0.250. The normalized spacial score (nSPS) is 12.3. The Kier molecular flexibility index (Phi) is 5.36. The van der Waals surface area contributed by atoms with E-state index in [0.717, 1.165) is 11.3 Å². The minimum atomic E-state index is -0.0446. The molecule has 0 saturated carbocycles. The molecule has 2 heterocycles. The number of likely N-dealkylation sites (N-methyl/N-ethyl adjacent to an activating group) is 1. The smallest absolute Gasteiger partial charge is 0.251 e. The minimum absolute atomic E-state index is 0.0446. The van der Waals surface area contributed by atoms with Crippen molar-refractivity contribution < 1.29 is 4.79 Å². The summed E-state index contributed by atoms with van der Waals surface area (Å²) in [4.78, 5) is 16.0. The average Bonchev–Trinajstić information content (AvgIpc) is 3.29. The first-order valence-electron chi connectivity index (χ1n) is 8.28. The molecule has 0 aliphatic heterocycles. The molecular formula is C20H23N3OS. The molecule has 1 aromatic carbocycles. The van der Waals surface area contributed by atoms with Crippen molar-refractivity contribution in [3.63, 3.8) is 0 Å². The monoisotopic (exact) mass is 353 g/mol. The molecule has 0 aliphatic rings. The lowest BCUT2D eigenvalue weighted by atomic mass is 10.1. The van der Waals surface area contributed by atoms with E-state index < -0.39 is 0 Å². The van der Waals surface area contributed by atoms with E-state index in [1.54, 1.807) is 11.3 Å². The maximum Gasteiger partial charge on any atom is 0.251 e. The van der Waals surface area contributed by atoms with Crippen molar-refractivity contribution in [1.29, 1.82) is 0 Å². The maximum absolute atomic E-state index is 12.6. The van der Waals surface area contributed by atoms with Gasteiger partial charge in [0.1, 0.15) is 0 Å². The first-order valence-corrected chi connectivity index (χ1v) is 9.16. The molecule has 1 N–H and O–H groups in total. The van der Waals surface area contributed by atoms with Crippen LogP contribution in [0.5, 0.6) is 0 Å². The van der Waals surface area contributed by atoms with Crippen LogP contribution in [0.15, 0.2) is 60.2 Å². The molecule has 1 amide bonds. The SMILES string of the molecule is Cc1ccc(C(=O)NCC(c2cccs2)N(C)C)cc1-n1cccc1. The van der Waals surface area contributed by atoms with Crippen molar-refractivity contribution in [3.05, 3.63) is 76.2 Å². The summed E-state index contributed by atoms with van der Waals surface area (Å²) in [5, 5.41) is 5.14. The van der Waals surface area contributed by atoms with E-state index in [9.17, 15) is 4.79 Å². The zero-order chi connectivity index (χ0) is 17.8. The van der Waals surface area contributed by atoms with Crippen LogP contribution >= 0.6 is 11.3 Å². The van der Waals surface area contributed by atoms with Crippen molar-refractivity contribution in [2.45, 2.75) is 13.0 Å². The van der Waals surface area contributed by atoms with Gasteiger partial charge in [-0.3, -0.25) is 4.79 Å². The van der Waals surface area contributed by atoms with Crippen molar-refractivity contribution in [2.24, 2.45) is 0 Å². The molecule has 1 atom stereocenters. The van der Waals surface area contributed by atoms with Gasteiger partial charge in [-0.2, -0.15) is 0 Å². The van der Waals surface area contributed by atoms with Gasteiger partial charge in [0.25, 0.3) is 5.91 Å². The highest BCUT2D eigenvalue weighted by atomic mass is 32.1. The molecule has 0 spiro atoms. The number of amides is 1. The number of thiophene rings is 1. The van der Waals surface area contributed by atoms with Gasteiger partial charge in [-0.1, -0.05) is 12.1 Å². The van der Waals surface area contributed by atoms with Crippen LogP contribution < -0.4 is 5.32 Å². The second-order valence-electron chi connectivity index (χ2n) is 6.30. The predicted octanol–water partition coefficient (Wildman–Crippen LogP) is 3.88. The molecule has 130 valence electrons. The second kappa shape index (κ2) is 7.68. The number of benzene rings is 1. The van der Waals surface area contributed by atoms with Crippen molar-refractivity contribution in [3.8, 4) is 5.69 Å². The molecule has 0 aliphatic carbocycles. The molecular weight excluding hydrogens is 330 g/mol. The summed E-state index contributed by atoms with van der Waals surface area (Å²) in [5.41, 5.74) is 2.84. The largest absolute Gasteiger partial charge is 0.350 e. The highest BCUT2D eigenvalue weighted by Crippen LogP contribution is 2.22. The average molecular weight is 353 g/mol. The number of hydrogen-bond acceptors (Lipinski definition) is 3. The summed E-state index contributed by atoms with van der Waals surface area (Å²) in [7, 11) is 4.07. The highest BCUT2D eigenvalue weighted by Gasteiger charge is 2.17. The van der Waals surface area contributed by atoms with Crippen LogP contribution in [0, 0.1) is 6.92 Å². The summed E-state index contributed by atoms with van der Waals surface area (Å²) in [6.07, 6.45) is 3.98. The standard InChI is InChI=1S/C20H23N3OS/c1-15-8-9-16(13-17(15)23-10-4-5-11-23)20(24)21-14-18(22(2)3)19-7-6-12-25-19/h4-13,18H,14H2,1-3H3,(H,21,24). The van der Waals surface area contributed by atoms with Gasteiger partial charge in [0.15, 0.2) is 0 Å². The third-order valence-corrected chi connectivity index (χ3v) is 5.28. The van der Waals surface area contributed by atoms with Crippen molar-refractivity contribution in [2.75, 3.05) is 20.6 Å². The van der Waals surface area contributed by atoms with Crippen LogP contribution in [0.3, 0.4) is 0 Å². The fourth-order valence-corrected chi connectivity index (χ4v) is 3.76. The van der Waals surface area contributed by atoms with Crippen LogP contribution in [0.4, 0.5) is 0 Å². The number of rotatable bonds is 6. The molecule has 3 aromatic rings. The molecule has 0 fully saturated rings. The number of carbonyl (C=O) groups excluding carboxylic acids is 1. The van der Waals surface area contributed by atoms with E-state index >= 15 is 0 Å². The molecule has 3 rings (SSSR count). The first-order chi connectivity index (χ1) is 12.1. The van der Waals surface area contributed by atoms with E-state index in [2.05, 4.69) is 28.6 Å². The van der Waals surface area contributed by atoms with Gasteiger partial charge in [0.2, 0.25) is 0 Å². The summed E-state index contributed by atoms with van der Waals surface area (Å²) in [6, 6.07) is 14.1. The Bertz CT molecular complexity index is 823. The third-order valence-electron chi connectivity index (χ3n) is 4.30. The Hall–Kier alpha value is -2.37. The van der Waals surface area contributed by atoms with Gasteiger partial charge in [-0.15, -0.1) is 11.3 Å². The van der Waals surface area contributed by atoms with E-state index in [0.29, 0.717) is 12.1 Å². The predicted molar refractivity (Wildman–Crippen MR) is 104 cm³/mol. The van der Waals surface area contributed by atoms with E-state index in [-0.39, 0.29) is 11.9 Å². The molecule has 0 saturated heterocycles. The number of aryl methyl sites for hydroxylation is 1. The summed E-state index contributed by atoms with van der Waals surface area (Å²) < 4.78 is 2.03. The summed E-state index contributed by atoms with van der Waals surface area (Å²) in [5.74, 6) is -0.0446. The number of nitrogens with one attached hydrogen (secondary N) is 1. The van der Waals surface area contributed by atoms with Crippen LogP contribution in [0.1, 0.15) is 26.8 Å². The van der Waals surface area contributed by atoms with Gasteiger partial charge < -0.3 is 14.8 Å². The lowest BCUT2D eigenvalue weighted by molar-refractivity contribution is 0.0942. The second-order valence-corrected chi connectivity index (χ2v) is 7.28. The molecule has 25 heavy (non-hydrogen) atoms. The topological polar surface area (TPSA) is 37.3 Å². The number of hydrogen-bond donors (Lipinski definition) is 1. The lowest BCUT2D eigenvalue weighted by Crippen LogP contribution is -2.34. The summed E-state index contributed by atoms with van der Waals surface area (Å²) in [6.45, 7) is 2.63. The van der Waals surface area contributed by atoms with Crippen molar-refractivity contribution in [1.82, 2.24) is 14.8 Å². The maximum atomic E-state index is 12.6. The van der Waals surface area contributed by atoms with Crippen LogP contribution in [-0.2, 0) is 0 Å². The number of aromatic nitrogens is 1. The Balaban J connectivity index is 1.74. The molecule has 1 unspecified atom stereocenters. The Morgan fingerprint density at radius 2 is 1.96 bits per heavy atom. The molecule has 2 aromatic heterocycles. The zero-order valence-corrected chi connectivity index (χ0v) is 15.6. The van der Waals surface area contributed by atoms with E-state index in [4.69, 9.17) is 0 Å². The zero-order valence-electron chi connectivity index (χ0n) is 14.8. The van der Waals surface area contributed by atoms with E-state index in [1.807, 2.05) is 67.5 Å². The quantitative estimate of drug-likeness (QED) is 0.730. The van der Waals surface area contributed by atoms with Crippen molar-refractivity contribution >= 4 is 17.2 Å². The van der Waals surface area contributed by atoms with Crippen LogP contribution in [0.25, 0.3) is 5.69 Å². The van der Waals surface area contributed by atoms with Gasteiger partial charge in [-0.05, 0) is 62.3 Å². The van der Waals surface area contributed by atoms with Gasteiger partial charge in [-0.25, -0.2) is 0 Å². The molecule has 4 nitrogen and oxygen atoms in total. The highest BCUT2D eigenvalue weighted by molar-refractivity contribution is 7.10. The number of nitrogens with zero attached hydrogens (tertiary/aromatic N) is 2. The Labute approximate surface area is 152 Å². The Morgan fingerprint density at radius 1 is 1.20 bits per heavy atom. The van der Waals surface area contributed by atoms with Crippen LogP contribution in [-0.4, -0.2) is 36.0 Å². The first kappa shape index (κ1) is 17.5. The summed E-state index contributed by atoms with van der Waals surface area (Å²) >= 11 is 1.71. The lowest BCUT2D eigenvalue weighted by Gasteiger charge is -2.23. The van der Waals surface area contributed by atoms with Gasteiger partial charge in [0, 0.05) is 35.1 Å².